The largest absolute Gasteiger partial charge is 0.496 e. The summed E-state index contributed by atoms with van der Waals surface area (Å²) in [5.74, 6) is 0.416. The molecule has 0 amide bonds. The number of unbranched alkanes of at least 4 members (excludes halogenated alkanes) is 3. The van der Waals surface area contributed by atoms with Crippen LogP contribution >= 0.6 is 0 Å². The van der Waals surface area contributed by atoms with E-state index in [0.717, 1.165) is 18.4 Å². The Morgan fingerprint density at radius 2 is 2.06 bits per heavy atom. The minimum Gasteiger partial charge on any atom is -0.496 e. The third-order valence-electron chi connectivity index (χ3n) is 2.96. The van der Waals surface area contributed by atoms with Crippen LogP contribution in [0.1, 0.15) is 50.6 Å². The van der Waals surface area contributed by atoms with Gasteiger partial charge in [-0.3, -0.25) is 0 Å². The van der Waals surface area contributed by atoms with Gasteiger partial charge in [-0.15, -0.1) is 0 Å². The maximum atomic E-state index is 13.2. The molecule has 0 saturated carbocycles. The van der Waals surface area contributed by atoms with E-state index in [2.05, 4.69) is 6.92 Å². The second-order valence-electron chi connectivity index (χ2n) is 4.34. The zero-order valence-corrected chi connectivity index (χ0v) is 10.7. The SMILES string of the molecule is CCCCCCC(N)c1cc(F)ccc1OC. The van der Waals surface area contributed by atoms with Gasteiger partial charge >= 0.3 is 0 Å². The van der Waals surface area contributed by atoms with Gasteiger partial charge in [0.15, 0.2) is 0 Å². The smallest absolute Gasteiger partial charge is 0.123 e. The Morgan fingerprint density at radius 1 is 1.29 bits per heavy atom. The van der Waals surface area contributed by atoms with Crippen molar-refractivity contribution < 1.29 is 9.13 Å². The Labute approximate surface area is 103 Å². The molecule has 1 atom stereocenters. The van der Waals surface area contributed by atoms with E-state index in [4.69, 9.17) is 10.5 Å². The number of methoxy groups -OCH3 is 1. The van der Waals surface area contributed by atoms with Gasteiger partial charge < -0.3 is 10.5 Å². The fraction of sp³-hybridized carbons (Fsp3) is 0.571. The molecule has 0 saturated heterocycles. The van der Waals surface area contributed by atoms with Crippen LogP contribution in [0.5, 0.6) is 5.75 Å². The number of hydrogen-bond acceptors (Lipinski definition) is 2. The molecule has 0 fully saturated rings. The molecule has 0 spiro atoms. The van der Waals surface area contributed by atoms with Crippen molar-refractivity contribution in [2.24, 2.45) is 5.73 Å². The number of hydrogen-bond donors (Lipinski definition) is 1. The molecule has 17 heavy (non-hydrogen) atoms. The van der Waals surface area contributed by atoms with Gasteiger partial charge in [-0.2, -0.15) is 0 Å². The minimum atomic E-state index is -0.259. The van der Waals surface area contributed by atoms with E-state index in [1.54, 1.807) is 13.2 Å². The standard InChI is InChI=1S/C14H22FNO/c1-3-4-5-6-7-13(16)12-10-11(15)8-9-14(12)17-2/h8-10,13H,3-7,16H2,1-2H3. The lowest BCUT2D eigenvalue weighted by atomic mass is 10.00. The monoisotopic (exact) mass is 239 g/mol. The topological polar surface area (TPSA) is 35.2 Å². The van der Waals surface area contributed by atoms with Crippen LogP contribution in [0, 0.1) is 5.82 Å². The molecule has 96 valence electrons. The lowest BCUT2D eigenvalue weighted by Gasteiger charge is -2.15. The van der Waals surface area contributed by atoms with Crippen molar-refractivity contribution in [1.82, 2.24) is 0 Å². The zero-order valence-electron chi connectivity index (χ0n) is 10.7. The Balaban J connectivity index is 2.60. The highest BCUT2D eigenvalue weighted by atomic mass is 19.1. The molecule has 1 rings (SSSR count). The second kappa shape index (κ2) is 7.28. The van der Waals surface area contributed by atoms with Crippen molar-refractivity contribution in [3.63, 3.8) is 0 Å². The molecule has 2 N–H and O–H groups in total. The second-order valence-corrected chi connectivity index (χ2v) is 4.34. The molecule has 1 aromatic carbocycles. The summed E-state index contributed by atoms with van der Waals surface area (Å²) in [5, 5.41) is 0. The van der Waals surface area contributed by atoms with Crippen LogP contribution in [0.3, 0.4) is 0 Å². The number of rotatable bonds is 7. The molecule has 0 aliphatic carbocycles. The molecule has 1 unspecified atom stereocenters. The predicted molar refractivity (Wildman–Crippen MR) is 68.6 cm³/mol. The van der Waals surface area contributed by atoms with Crippen molar-refractivity contribution in [2.45, 2.75) is 45.1 Å². The number of halogens is 1. The molecule has 3 heteroatoms. The number of benzene rings is 1. The first-order valence-corrected chi connectivity index (χ1v) is 6.28. The first kappa shape index (κ1) is 14.0. The Kier molecular flexibility index (Phi) is 5.98. The van der Waals surface area contributed by atoms with Gasteiger partial charge in [0.25, 0.3) is 0 Å². The highest BCUT2D eigenvalue weighted by Crippen LogP contribution is 2.27. The number of ether oxygens (including phenoxy) is 1. The van der Waals surface area contributed by atoms with E-state index >= 15 is 0 Å². The summed E-state index contributed by atoms with van der Waals surface area (Å²) < 4.78 is 18.4. The van der Waals surface area contributed by atoms with Crippen molar-refractivity contribution in [3.8, 4) is 5.75 Å². The minimum absolute atomic E-state index is 0.141. The van der Waals surface area contributed by atoms with E-state index in [1.165, 1.54) is 31.4 Å². The molecule has 0 bridgehead atoms. The molecule has 2 nitrogen and oxygen atoms in total. The van der Waals surface area contributed by atoms with E-state index in [0.29, 0.717) is 5.75 Å². The molecule has 0 aromatic heterocycles. The Hall–Kier alpha value is -1.09. The highest BCUT2D eigenvalue weighted by Gasteiger charge is 2.12. The summed E-state index contributed by atoms with van der Waals surface area (Å²) in [4.78, 5) is 0. The fourth-order valence-corrected chi connectivity index (χ4v) is 1.94. The van der Waals surface area contributed by atoms with E-state index in [9.17, 15) is 4.39 Å². The van der Waals surface area contributed by atoms with Gasteiger partial charge in [0, 0.05) is 11.6 Å². The van der Waals surface area contributed by atoms with Crippen LogP contribution in [-0.2, 0) is 0 Å². The van der Waals surface area contributed by atoms with Gasteiger partial charge in [-0.25, -0.2) is 4.39 Å². The normalized spacial score (nSPS) is 12.5. The van der Waals surface area contributed by atoms with Crippen LogP contribution in [0.25, 0.3) is 0 Å². The molecule has 0 aliphatic rings. The van der Waals surface area contributed by atoms with Crippen LogP contribution in [-0.4, -0.2) is 7.11 Å². The van der Waals surface area contributed by atoms with Crippen molar-refractivity contribution >= 4 is 0 Å². The summed E-state index contributed by atoms with van der Waals surface area (Å²) in [6.07, 6.45) is 5.57. The van der Waals surface area contributed by atoms with Gasteiger partial charge in [-0.05, 0) is 24.6 Å². The third-order valence-corrected chi connectivity index (χ3v) is 2.96. The van der Waals surface area contributed by atoms with E-state index in [-0.39, 0.29) is 11.9 Å². The molecule has 1 aromatic rings. The molecular weight excluding hydrogens is 217 g/mol. The Bertz CT molecular complexity index is 341. The highest BCUT2D eigenvalue weighted by molar-refractivity contribution is 5.36. The van der Waals surface area contributed by atoms with E-state index < -0.39 is 0 Å². The first-order valence-electron chi connectivity index (χ1n) is 6.28. The Morgan fingerprint density at radius 3 is 2.71 bits per heavy atom. The summed E-state index contributed by atoms with van der Waals surface area (Å²) in [6, 6.07) is 4.36. The predicted octanol–water partition coefficient (Wildman–Crippen LogP) is 3.80. The maximum Gasteiger partial charge on any atom is 0.123 e. The quantitative estimate of drug-likeness (QED) is 0.734. The van der Waals surface area contributed by atoms with Crippen molar-refractivity contribution in [2.75, 3.05) is 7.11 Å². The summed E-state index contributed by atoms with van der Waals surface area (Å²) in [5.41, 5.74) is 6.84. The van der Waals surface area contributed by atoms with Crippen LogP contribution < -0.4 is 10.5 Å². The lowest BCUT2D eigenvalue weighted by Crippen LogP contribution is -2.12. The van der Waals surface area contributed by atoms with Crippen LogP contribution in [0.2, 0.25) is 0 Å². The number of nitrogens with two attached hydrogens (primary N) is 1. The average molecular weight is 239 g/mol. The molecule has 0 aliphatic heterocycles. The summed E-state index contributed by atoms with van der Waals surface area (Å²) in [6.45, 7) is 2.18. The third kappa shape index (κ3) is 4.35. The van der Waals surface area contributed by atoms with Gasteiger partial charge in [0.1, 0.15) is 11.6 Å². The maximum absolute atomic E-state index is 13.2. The van der Waals surface area contributed by atoms with Crippen LogP contribution in [0.15, 0.2) is 18.2 Å². The van der Waals surface area contributed by atoms with E-state index in [1.807, 2.05) is 0 Å². The van der Waals surface area contributed by atoms with Crippen molar-refractivity contribution in [3.05, 3.63) is 29.6 Å². The van der Waals surface area contributed by atoms with Crippen molar-refractivity contribution in [1.29, 1.82) is 0 Å². The molecular formula is C14H22FNO. The van der Waals surface area contributed by atoms with Gasteiger partial charge in [0.05, 0.1) is 7.11 Å². The first-order chi connectivity index (χ1) is 8.19. The molecule has 0 heterocycles. The fourth-order valence-electron chi connectivity index (χ4n) is 1.94. The van der Waals surface area contributed by atoms with Gasteiger partial charge in [0.2, 0.25) is 0 Å². The average Bonchev–Trinajstić information content (AvgIpc) is 2.34. The summed E-state index contributed by atoms with van der Waals surface area (Å²) in [7, 11) is 1.58. The zero-order chi connectivity index (χ0) is 12.7. The van der Waals surface area contributed by atoms with Crippen LogP contribution in [0.4, 0.5) is 4.39 Å². The molecule has 0 radical (unpaired) electrons. The summed E-state index contributed by atoms with van der Waals surface area (Å²) >= 11 is 0. The lowest BCUT2D eigenvalue weighted by molar-refractivity contribution is 0.401. The van der Waals surface area contributed by atoms with Gasteiger partial charge in [-0.1, -0.05) is 32.6 Å².